The van der Waals surface area contributed by atoms with Gasteiger partial charge in [-0.25, -0.2) is 9.97 Å². The van der Waals surface area contributed by atoms with Crippen molar-refractivity contribution in [2.24, 2.45) is 7.05 Å². The largest absolute Gasteiger partial charge is 0.337 e. The Labute approximate surface area is 152 Å². The van der Waals surface area contributed by atoms with Gasteiger partial charge in [0.25, 0.3) is 0 Å². The van der Waals surface area contributed by atoms with E-state index in [1.54, 1.807) is 0 Å². The lowest BCUT2D eigenvalue weighted by atomic mass is 10.2. The van der Waals surface area contributed by atoms with Gasteiger partial charge >= 0.3 is 0 Å². The molecule has 5 heteroatoms. The summed E-state index contributed by atoms with van der Waals surface area (Å²) in [6.07, 6.45) is 7.44. The van der Waals surface area contributed by atoms with E-state index < -0.39 is 0 Å². The molecule has 0 spiro atoms. The number of hydrogen-bond donors (Lipinski definition) is 0. The molecule has 1 aromatic carbocycles. The molecular weight excluding hydrogens is 322 g/mol. The number of benzene rings is 1. The zero-order valence-electron chi connectivity index (χ0n) is 15.3. The van der Waals surface area contributed by atoms with Crippen molar-refractivity contribution in [3.8, 4) is 11.3 Å². The number of pyridine rings is 1. The van der Waals surface area contributed by atoms with E-state index in [9.17, 15) is 0 Å². The molecule has 3 heterocycles. The van der Waals surface area contributed by atoms with Gasteiger partial charge in [-0.3, -0.25) is 9.97 Å². The van der Waals surface area contributed by atoms with Crippen molar-refractivity contribution in [1.29, 1.82) is 0 Å². The molecular formula is C21H21N5. The Morgan fingerprint density at radius 2 is 1.81 bits per heavy atom. The molecule has 0 aliphatic carbocycles. The van der Waals surface area contributed by atoms with E-state index >= 15 is 0 Å². The van der Waals surface area contributed by atoms with Gasteiger partial charge in [-0.05, 0) is 44.0 Å². The predicted octanol–water partition coefficient (Wildman–Crippen LogP) is 3.83. The molecule has 0 bridgehead atoms. The first-order valence-corrected chi connectivity index (χ1v) is 8.76. The topological polar surface area (TPSA) is 56.5 Å². The van der Waals surface area contributed by atoms with Gasteiger partial charge in [-0.2, -0.15) is 0 Å². The fourth-order valence-electron chi connectivity index (χ4n) is 3.08. The number of rotatable bonds is 4. The van der Waals surface area contributed by atoms with Crippen molar-refractivity contribution in [3.05, 3.63) is 71.7 Å². The Morgan fingerprint density at radius 3 is 2.62 bits per heavy atom. The summed E-state index contributed by atoms with van der Waals surface area (Å²) in [5.74, 6) is 1.03. The molecule has 0 aliphatic heterocycles. The monoisotopic (exact) mass is 343 g/mol. The van der Waals surface area contributed by atoms with E-state index in [2.05, 4.69) is 39.8 Å². The van der Waals surface area contributed by atoms with Gasteiger partial charge in [-0.1, -0.05) is 12.1 Å². The highest BCUT2D eigenvalue weighted by atomic mass is 15.0. The number of para-hydroxylation sites is 1. The van der Waals surface area contributed by atoms with Crippen LogP contribution in [0, 0.1) is 13.8 Å². The highest BCUT2D eigenvalue weighted by molar-refractivity contribution is 5.77. The fraction of sp³-hybridized carbons (Fsp3) is 0.238. The number of nitrogens with zero attached hydrogens (tertiary/aromatic N) is 5. The van der Waals surface area contributed by atoms with E-state index in [0.717, 1.165) is 57.9 Å². The highest BCUT2D eigenvalue weighted by Gasteiger charge is 2.09. The molecule has 3 aromatic heterocycles. The Kier molecular flexibility index (Phi) is 4.21. The summed E-state index contributed by atoms with van der Waals surface area (Å²) in [5.41, 5.74) is 7.08. The second kappa shape index (κ2) is 6.67. The molecule has 0 saturated heterocycles. The molecule has 26 heavy (non-hydrogen) atoms. The smallest absolute Gasteiger partial charge is 0.109 e. The van der Waals surface area contributed by atoms with Crippen molar-refractivity contribution in [1.82, 2.24) is 24.5 Å². The second-order valence-electron chi connectivity index (χ2n) is 6.65. The third-order valence-electron chi connectivity index (χ3n) is 4.61. The first kappa shape index (κ1) is 16.4. The van der Waals surface area contributed by atoms with E-state index in [0.29, 0.717) is 0 Å². The molecule has 0 aliphatic rings. The third-order valence-corrected chi connectivity index (χ3v) is 4.61. The maximum Gasteiger partial charge on any atom is 0.109 e. The molecule has 4 aromatic rings. The molecule has 0 amide bonds. The van der Waals surface area contributed by atoms with E-state index in [1.165, 1.54) is 0 Å². The van der Waals surface area contributed by atoms with Crippen molar-refractivity contribution in [3.63, 3.8) is 0 Å². The van der Waals surface area contributed by atoms with Crippen molar-refractivity contribution in [2.45, 2.75) is 26.7 Å². The maximum atomic E-state index is 4.78. The number of hydrogen-bond acceptors (Lipinski definition) is 4. The van der Waals surface area contributed by atoms with Crippen LogP contribution >= 0.6 is 0 Å². The van der Waals surface area contributed by atoms with Crippen LogP contribution in [0.3, 0.4) is 0 Å². The number of aryl methyl sites for hydroxylation is 5. The molecule has 4 rings (SSSR count). The number of aromatic nitrogens is 5. The SMILES string of the molecule is Cc1ccc(-c2cn(C)c(CCc3cnc4c(C)cccc4n3)n2)cn1. The van der Waals surface area contributed by atoms with Crippen LogP contribution in [0.1, 0.15) is 22.8 Å². The minimum absolute atomic E-state index is 0.813. The number of imidazole rings is 1. The fourth-order valence-corrected chi connectivity index (χ4v) is 3.08. The summed E-state index contributed by atoms with van der Waals surface area (Å²) in [7, 11) is 2.03. The molecule has 0 atom stereocenters. The molecule has 0 fully saturated rings. The lowest BCUT2D eigenvalue weighted by molar-refractivity contribution is 0.762. The van der Waals surface area contributed by atoms with Crippen LogP contribution in [0.2, 0.25) is 0 Å². The van der Waals surface area contributed by atoms with E-state index in [-0.39, 0.29) is 0 Å². The summed E-state index contributed by atoms with van der Waals surface area (Å²) in [4.78, 5) is 18.5. The first-order chi connectivity index (χ1) is 12.6. The van der Waals surface area contributed by atoms with Crippen LogP contribution in [0.4, 0.5) is 0 Å². The van der Waals surface area contributed by atoms with Gasteiger partial charge in [0.05, 0.1) is 22.4 Å². The van der Waals surface area contributed by atoms with Crippen LogP contribution < -0.4 is 0 Å². The summed E-state index contributed by atoms with van der Waals surface area (Å²) in [6.45, 7) is 4.05. The first-order valence-electron chi connectivity index (χ1n) is 8.76. The predicted molar refractivity (Wildman–Crippen MR) is 103 cm³/mol. The lowest BCUT2D eigenvalue weighted by Crippen LogP contribution is -2.02. The van der Waals surface area contributed by atoms with Gasteiger partial charge in [-0.15, -0.1) is 0 Å². The summed E-state index contributed by atoms with van der Waals surface area (Å²) in [6, 6.07) is 10.2. The maximum absolute atomic E-state index is 4.78. The molecule has 130 valence electrons. The molecule has 0 saturated carbocycles. The average molecular weight is 343 g/mol. The van der Waals surface area contributed by atoms with Crippen LogP contribution in [0.25, 0.3) is 22.3 Å². The third kappa shape index (κ3) is 3.20. The zero-order chi connectivity index (χ0) is 18.1. The Hall–Kier alpha value is -3.08. The molecule has 0 unspecified atom stereocenters. The quantitative estimate of drug-likeness (QED) is 0.565. The van der Waals surface area contributed by atoms with Crippen LogP contribution in [-0.4, -0.2) is 24.5 Å². The summed E-state index contributed by atoms with van der Waals surface area (Å²) in [5, 5.41) is 0. The normalized spacial score (nSPS) is 11.2. The van der Waals surface area contributed by atoms with E-state index in [4.69, 9.17) is 9.97 Å². The highest BCUT2D eigenvalue weighted by Crippen LogP contribution is 2.19. The molecule has 5 nitrogen and oxygen atoms in total. The van der Waals surface area contributed by atoms with Gasteiger partial charge in [0, 0.05) is 43.3 Å². The van der Waals surface area contributed by atoms with Crippen molar-refractivity contribution >= 4 is 11.0 Å². The van der Waals surface area contributed by atoms with Gasteiger partial charge < -0.3 is 4.57 Å². The van der Waals surface area contributed by atoms with Gasteiger partial charge in [0.2, 0.25) is 0 Å². The van der Waals surface area contributed by atoms with Crippen LogP contribution in [0.15, 0.2) is 48.9 Å². The summed E-state index contributed by atoms with van der Waals surface area (Å²) < 4.78 is 2.08. The standard InChI is InChI=1S/C21H21N5/c1-14-5-4-6-18-21(14)23-12-17(24-18)9-10-20-25-19(13-26(20)3)16-8-7-15(2)22-11-16/h4-8,11-13H,9-10H2,1-3H3. The minimum atomic E-state index is 0.813. The van der Waals surface area contributed by atoms with Gasteiger partial charge in [0.15, 0.2) is 0 Å². The van der Waals surface area contributed by atoms with Crippen LogP contribution in [-0.2, 0) is 19.9 Å². The Morgan fingerprint density at radius 1 is 0.923 bits per heavy atom. The lowest BCUT2D eigenvalue weighted by Gasteiger charge is -2.04. The van der Waals surface area contributed by atoms with Crippen molar-refractivity contribution < 1.29 is 0 Å². The Bertz CT molecular complexity index is 1060. The minimum Gasteiger partial charge on any atom is -0.337 e. The molecule has 0 N–H and O–H groups in total. The summed E-state index contributed by atoms with van der Waals surface area (Å²) >= 11 is 0. The number of fused-ring (bicyclic) bond motifs is 1. The molecule has 0 radical (unpaired) electrons. The van der Waals surface area contributed by atoms with Gasteiger partial charge in [0.1, 0.15) is 5.82 Å². The van der Waals surface area contributed by atoms with E-state index in [1.807, 2.05) is 44.6 Å². The average Bonchev–Trinajstić information content (AvgIpc) is 3.01. The van der Waals surface area contributed by atoms with Crippen molar-refractivity contribution in [2.75, 3.05) is 0 Å². The van der Waals surface area contributed by atoms with Crippen LogP contribution in [0.5, 0.6) is 0 Å². The Balaban J connectivity index is 1.54. The second-order valence-corrected chi connectivity index (χ2v) is 6.65. The zero-order valence-corrected chi connectivity index (χ0v) is 15.3.